The van der Waals surface area contributed by atoms with Gasteiger partial charge in [0, 0.05) is 13.0 Å². The van der Waals surface area contributed by atoms with E-state index >= 15 is 0 Å². The third-order valence-electron chi connectivity index (χ3n) is 3.50. The van der Waals surface area contributed by atoms with Crippen LogP contribution in [0.25, 0.3) is 0 Å². The lowest BCUT2D eigenvalue weighted by molar-refractivity contribution is 0.274. The molecule has 0 atom stereocenters. The van der Waals surface area contributed by atoms with Crippen LogP contribution in [-0.4, -0.2) is 33.3 Å². The molecule has 0 aliphatic heterocycles. The largest absolute Gasteiger partial charge is 0.316 e. The second-order valence-corrected chi connectivity index (χ2v) is 4.86. The summed E-state index contributed by atoms with van der Waals surface area (Å²) in [6, 6.07) is 0. The Morgan fingerprint density at radius 2 is 2.12 bits per heavy atom. The van der Waals surface area contributed by atoms with Gasteiger partial charge in [-0.05, 0) is 30.0 Å². The SMILES string of the molecule is CCNCC1(Cc2nnn(C)n2)CCCC1. The van der Waals surface area contributed by atoms with E-state index in [2.05, 4.69) is 27.7 Å². The third kappa shape index (κ3) is 2.58. The van der Waals surface area contributed by atoms with E-state index in [0.717, 1.165) is 25.3 Å². The first-order valence-corrected chi connectivity index (χ1v) is 6.18. The van der Waals surface area contributed by atoms with Gasteiger partial charge in [0.15, 0.2) is 5.82 Å². The summed E-state index contributed by atoms with van der Waals surface area (Å²) in [6.07, 6.45) is 6.22. The average Bonchev–Trinajstić information content (AvgIpc) is 2.87. The third-order valence-corrected chi connectivity index (χ3v) is 3.50. The first-order valence-electron chi connectivity index (χ1n) is 6.18. The number of nitrogens with zero attached hydrogens (tertiary/aromatic N) is 4. The Hall–Kier alpha value is -0.970. The number of nitrogens with one attached hydrogen (secondary N) is 1. The molecule has 1 aliphatic rings. The smallest absolute Gasteiger partial charge is 0.175 e. The number of aryl methyl sites for hydroxylation is 1. The Bertz CT molecular complexity index is 327. The number of aromatic nitrogens is 4. The minimum absolute atomic E-state index is 0.374. The maximum absolute atomic E-state index is 4.29. The van der Waals surface area contributed by atoms with Crippen molar-refractivity contribution < 1.29 is 0 Å². The van der Waals surface area contributed by atoms with E-state index in [1.54, 1.807) is 4.80 Å². The molecule has 5 heteroatoms. The van der Waals surface area contributed by atoms with Gasteiger partial charge in [-0.25, -0.2) is 0 Å². The van der Waals surface area contributed by atoms with Gasteiger partial charge in [-0.2, -0.15) is 4.80 Å². The molecular formula is C11H21N5. The van der Waals surface area contributed by atoms with E-state index < -0.39 is 0 Å². The van der Waals surface area contributed by atoms with Crippen molar-refractivity contribution in [2.45, 2.75) is 39.0 Å². The molecule has 1 N–H and O–H groups in total. The Labute approximate surface area is 96.6 Å². The van der Waals surface area contributed by atoms with Gasteiger partial charge < -0.3 is 5.32 Å². The van der Waals surface area contributed by atoms with Crippen LogP contribution in [0.5, 0.6) is 0 Å². The van der Waals surface area contributed by atoms with Gasteiger partial charge in [-0.3, -0.25) is 0 Å². The fourth-order valence-electron chi connectivity index (χ4n) is 2.66. The van der Waals surface area contributed by atoms with E-state index in [1.807, 2.05) is 7.05 Å². The van der Waals surface area contributed by atoms with E-state index in [-0.39, 0.29) is 0 Å². The molecule has 1 aliphatic carbocycles. The summed E-state index contributed by atoms with van der Waals surface area (Å²) in [5.41, 5.74) is 0.374. The highest BCUT2D eigenvalue weighted by atomic mass is 15.6. The van der Waals surface area contributed by atoms with Gasteiger partial charge >= 0.3 is 0 Å². The monoisotopic (exact) mass is 223 g/mol. The Morgan fingerprint density at radius 3 is 2.69 bits per heavy atom. The predicted octanol–water partition coefficient (Wildman–Crippen LogP) is 0.922. The summed E-state index contributed by atoms with van der Waals surface area (Å²) in [5.74, 6) is 0.891. The van der Waals surface area contributed by atoms with Gasteiger partial charge in [0.05, 0.1) is 7.05 Å². The van der Waals surface area contributed by atoms with Gasteiger partial charge in [-0.15, -0.1) is 10.2 Å². The normalized spacial score (nSPS) is 19.1. The zero-order valence-electron chi connectivity index (χ0n) is 10.2. The molecule has 90 valence electrons. The molecular weight excluding hydrogens is 202 g/mol. The zero-order chi connectivity index (χ0) is 11.4. The van der Waals surface area contributed by atoms with Crippen molar-refractivity contribution in [1.82, 2.24) is 25.5 Å². The zero-order valence-corrected chi connectivity index (χ0v) is 10.2. The molecule has 5 nitrogen and oxygen atoms in total. The summed E-state index contributed by atoms with van der Waals surface area (Å²) in [4.78, 5) is 1.55. The molecule has 0 amide bonds. The van der Waals surface area contributed by atoms with Gasteiger partial charge in [0.25, 0.3) is 0 Å². The first kappa shape index (κ1) is 11.5. The van der Waals surface area contributed by atoms with Gasteiger partial charge in [-0.1, -0.05) is 19.8 Å². The van der Waals surface area contributed by atoms with Crippen LogP contribution in [0.15, 0.2) is 0 Å². The van der Waals surface area contributed by atoms with Crippen LogP contribution in [0.4, 0.5) is 0 Å². The Balaban J connectivity index is 2.02. The molecule has 1 heterocycles. The second-order valence-electron chi connectivity index (χ2n) is 4.86. The lowest BCUT2D eigenvalue weighted by Gasteiger charge is -2.27. The lowest BCUT2D eigenvalue weighted by Crippen LogP contribution is -2.34. The molecule has 1 saturated carbocycles. The quantitative estimate of drug-likeness (QED) is 0.806. The minimum atomic E-state index is 0.374. The number of hydrogen-bond acceptors (Lipinski definition) is 4. The van der Waals surface area contributed by atoms with Crippen molar-refractivity contribution >= 4 is 0 Å². The topological polar surface area (TPSA) is 55.6 Å². The van der Waals surface area contributed by atoms with E-state index in [0.29, 0.717) is 5.41 Å². The Morgan fingerprint density at radius 1 is 1.38 bits per heavy atom. The minimum Gasteiger partial charge on any atom is -0.316 e. The highest BCUT2D eigenvalue weighted by molar-refractivity contribution is 4.95. The number of rotatable bonds is 5. The fourth-order valence-corrected chi connectivity index (χ4v) is 2.66. The van der Waals surface area contributed by atoms with Crippen molar-refractivity contribution in [3.8, 4) is 0 Å². The Kier molecular flexibility index (Phi) is 3.53. The maximum atomic E-state index is 4.29. The molecule has 1 aromatic heterocycles. The number of tetrazole rings is 1. The van der Waals surface area contributed by atoms with Crippen LogP contribution in [-0.2, 0) is 13.5 Å². The van der Waals surface area contributed by atoms with Crippen LogP contribution in [0.3, 0.4) is 0 Å². The molecule has 0 aromatic carbocycles. The van der Waals surface area contributed by atoms with Gasteiger partial charge in [0.1, 0.15) is 0 Å². The summed E-state index contributed by atoms with van der Waals surface area (Å²) < 4.78 is 0. The molecule has 2 rings (SSSR count). The molecule has 0 bridgehead atoms. The van der Waals surface area contributed by atoms with Crippen molar-refractivity contribution in [3.63, 3.8) is 0 Å². The summed E-state index contributed by atoms with van der Waals surface area (Å²) in [7, 11) is 1.82. The molecule has 0 radical (unpaired) electrons. The average molecular weight is 223 g/mol. The van der Waals surface area contributed by atoms with Crippen LogP contribution in [0.1, 0.15) is 38.4 Å². The van der Waals surface area contributed by atoms with Crippen LogP contribution in [0.2, 0.25) is 0 Å². The van der Waals surface area contributed by atoms with Gasteiger partial charge in [0.2, 0.25) is 0 Å². The van der Waals surface area contributed by atoms with Crippen LogP contribution < -0.4 is 5.32 Å². The maximum Gasteiger partial charge on any atom is 0.175 e. The highest BCUT2D eigenvalue weighted by Gasteiger charge is 2.34. The molecule has 1 aromatic rings. The van der Waals surface area contributed by atoms with Crippen LogP contribution in [0, 0.1) is 5.41 Å². The fraction of sp³-hybridized carbons (Fsp3) is 0.909. The standard InChI is InChI=1S/C11H21N5/c1-3-12-9-11(6-4-5-7-11)8-10-13-15-16(2)14-10/h12H,3-9H2,1-2H3. The van der Waals surface area contributed by atoms with Crippen molar-refractivity contribution in [2.24, 2.45) is 12.5 Å². The van der Waals surface area contributed by atoms with Crippen LogP contribution >= 0.6 is 0 Å². The number of hydrogen-bond donors (Lipinski definition) is 1. The molecule has 0 unspecified atom stereocenters. The van der Waals surface area contributed by atoms with E-state index in [4.69, 9.17) is 0 Å². The summed E-state index contributed by atoms with van der Waals surface area (Å²) in [5, 5.41) is 15.8. The summed E-state index contributed by atoms with van der Waals surface area (Å²) >= 11 is 0. The predicted molar refractivity (Wildman–Crippen MR) is 61.9 cm³/mol. The molecule has 1 fully saturated rings. The second kappa shape index (κ2) is 4.91. The molecule has 0 spiro atoms. The summed E-state index contributed by atoms with van der Waals surface area (Å²) in [6.45, 7) is 4.28. The highest BCUT2D eigenvalue weighted by Crippen LogP contribution is 2.39. The van der Waals surface area contributed by atoms with E-state index in [1.165, 1.54) is 25.7 Å². The van der Waals surface area contributed by atoms with Crippen molar-refractivity contribution in [2.75, 3.05) is 13.1 Å². The lowest BCUT2D eigenvalue weighted by atomic mass is 9.82. The molecule has 0 saturated heterocycles. The first-order chi connectivity index (χ1) is 7.74. The van der Waals surface area contributed by atoms with E-state index in [9.17, 15) is 0 Å². The molecule has 16 heavy (non-hydrogen) atoms. The van der Waals surface area contributed by atoms with Crippen molar-refractivity contribution in [3.05, 3.63) is 5.82 Å². The van der Waals surface area contributed by atoms with Crippen molar-refractivity contribution in [1.29, 1.82) is 0 Å².